The molecule has 2 rings (SSSR count). The van der Waals surface area contributed by atoms with Crippen LogP contribution in [0.5, 0.6) is 0 Å². The highest BCUT2D eigenvalue weighted by Gasteiger charge is 2.27. The summed E-state index contributed by atoms with van der Waals surface area (Å²) in [4.78, 5) is 17.7. The summed E-state index contributed by atoms with van der Waals surface area (Å²) in [6.07, 6.45) is 1.15. The minimum absolute atomic E-state index is 0.170. The highest BCUT2D eigenvalue weighted by molar-refractivity contribution is 5.89. The van der Waals surface area contributed by atoms with Crippen molar-refractivity contribution < 1.29 is 14.6 Å². The maximum Gasteiger partial charge on any atom is 0.337 e. The molecule has 1 saturated heterocycles. The molecule has 0 aromatic carbocycles. The Morgan fingerprint density at radius 3 is 2.89 bits per heavy atom. The van der Waals surface area contributed by atoms with E-state index in [9.17, 15) is 4.79 Å². The quantitative estimate of drug-likeness (QED) is 0.905. The van der Waals surface area contributed by atoms with Crippen molar-refractivity contribution in [2.75, 3.05) is 18.1 Å². The maximum absolute atomic E-state index is 11.0. The lowest BCUT2D eigenvalue weighted by Crippen LogP contribution is -2.49. The fourth-order valence-corrected chi connectivity index (χ4v) is 2.40. The first kappa shape index (κ1) is 13.8. The van der Waals surface area contributed by atoms with Crippen LogP contribution in [0.3, 0.4) is 0 Å². The van der Waals surface area contributed by atoms with Crippen molar-refractivity contribution in [1.29, 1.82) is 0 Å². The lowest BCUT2D eigenvalue weighted by atomic mass is 10.1. The van der Waals surface area contributed by atoms with E-state index in [-0.39, 0.29) is 11.7 Å². The van der Waals surface area contributed by atoms with E-state index in [0.29, 0.717) is 18.3 Å². The van der Waals surface area contributed by atoms with Gasteiger partial charge in [0, 0.05) is 6.54 Å². The number of rotatable bonds is 3. The first-order valence-corrected chi connectivity index (χ1v) is 6.62. The number of pyridine rings is 1. The van der Waals surface area contributed by atoms with E-state index in [1.54, 1.807) is 19.1 Å². The van der Waals surface area contributed by atoms with E-state index in [1.165, 1.54) is 0 Å². The molecule has 5 heteroatoms. The zero-order chi connectivity index (χ0) is 14.0. The monoisotopic (exact) mass is 264 g/mol. The summed E-state index contributed by atoms with van der Waals surface area (Å²) in [7, 11) is 0. The molecule has 1 aromatic rings. The maximum atomic E-state index is 11.0. The largest absolute Gasteiger partial charge is 0.478 e. The minimum atomic E-state index is -0.932. The number of ether oxygens (including phenoxy) is 1. The normalized spacial score (nSPS) is 23.4. The fourth-order valence-electron chi connectivity index (χ4n) is 2.40. The van der Waals surface area contributed by atoms with E-state index < -0.39 is 5.97 Å². The number of aromatic nitrogens is 1. The number of carboxylic acid groups (broad SMARTS) is 1. The summed E-state index contributed by atoms with van der Waals surface area (Å²) in [5.74, 6) is -0.0940. The van der Waals surface area contributed by atoms with E-state index in [1.807, 2.05) is 6.92 Å². The number of carboxylic acids is 1. The average molecular weight is 264 g/mol. The van der Waals surface area contributed by atoms with Gasteiger partial charge >= 0.3 is 5.97 Å². The number of aryl methyl sites for hydroxylation is 1. The summed E-state index contributed by atoms with van der Waals surface area (Å²) >= 11 is 0. The van der Waals surface area contributed by atoms with Crippen LogP contribution in [0.25, 0.3) is 0 Å². The number of anilines is 1. The van der Waals surface area contributed by atoms with Crippen LogP contribution in [0.15, 0.2) is 12.1 Å². The predicted molar refractivity (Wildman–Crippen MR) is 72.8 cm³/mol. The van der Waals surface area contributed by atoms with Crippen molar-refractivity contribution in [1.82, 2.24) is 4.98 Å². The standard InChI is InChI=1S/C14H20N2O3/c1-4-11-8-19-9(2)7-16(11)13-6-5-12(14(17)18)10(3)15-13/h5-6,9,11H,4,7-8H2,1-3H3,(H,17,18). The second-order valence-corrected chi connectivity index (χ2v) is 4.97. The summed E-state index contributed by atoms with van der Waals surface area (Å²) in [6, 6.07) is 3.73. The third-order valence-corrected chi connectivity index (χ3v) is 3.53. The van der Waals surface area contributed by atoms with Crippen molar-refractivity contribution in [3.05, 3.63) is 23.4 Å². The van der Waals surface area contributed by atoms with Crippen molar-refractivity contribution in [3.63, 3.8) is 0 Å². The topological polar surface area (TPSA) is 62.7 Å². The van der Waals surface area contributed by atoms with Crippen LogP contribution >= 0.6 is 0 Å². The Labute approximate surface area is 113 Å². The summed E-state index contributed by atoms with van der Waals surface area (Å²) in [5.41, 5.74) is 0.817. The highest BCUT2D eigenvalue weighted by Crippen LogP contribution is 2.23. The first-order valence-electron chi connectivity index (χ1n) is 6.62. The molecule has 0 aliphatic carbocycles. The molecule has 5 nitrogen and oxygen atoms in total. The van der Waals surface area contributed by atoms with Gasteiger partial charge in [-0.25, -0.2) is 9.78 Å². The van der Waals surface area contributed by atoms with Crippen molar-refractivity contribution in [3.8, 4) is 0 Å². The van der Waals surface area contributed by atoms with Crippen LogP contribution in [-0.2, 0) is 4.74 Å². The van der Waals surface area contributed by atoms with Gasteiger partial charge in [-0.1, -0.05) is 6.92 Å². The molecule has 1 aromatic heterocycles. The highest BCUT2D eigenvalue weighted by atomic mass is 16.5. The van der Waals surface area contributed by atoms with Crippen molar-refractivity contribution in [2.45, 2.75) is 39.3 Å². The van der Waals surface area contributed by atoms with Gasteiger partial charge < -0.3 is 14.7 Å². The van der Waals surface area contributed by atoms with E-state index in [0.717, 1.165) is 18.8 Å². The van der Waals surface area contributed by atoms with Gasteiger partial charge in [-0.3, -0.25) is 0 Å². The fraction of sp³-hybridized carbons (Fsp3) is 0.571. The molecule has 104 valence electrons. The molecule has 0 spiro atoms. The van der Waals surface area contributed by atoms with Crippen molar-refractivity contribution >= 4 is 11.8 Å². The van der Waals surface area contributed by atoms with Gasteiger partial charge in [0.2, 0.25) is 0 Å². The van der Waals surface area contributed by atoms with Gasteiger partial charge in [0.05, 0.1) is 30.0 Å². The lowest BCUT2D eigenvalue weighted by Gasteiger charge is -2.39. The van der Waals surface area contributed by atoms with Crippen LogP contribution in [-0.4, -0.2) is 41.4 Å². The second-order valence-electron chi connectivity index (χ2n) is 4.97. The third kappa shape index (κ3) is 2.87. The Balaban J connectivity index is 2.29. The van der Waals surface area contributed by atoms with Gasteiger partial charge in [-0.2, -0.15) is 0 Å². The van der Waals surface area contributed by atoms with E-state index >= 15 is 0 Å². The number of morpholine rings is 1. The molecule has 1 fully saturated rings. The molecular weight excluding hydrogens is 244 g/mol. The number of carbonyl (C=O) groups is 1. The molecule has 0 radical (unpaired) electrons. The first-order chi connectivity index (χ1) is 9.02. The molecule has 0 saturated carbocycles. The van der Waals surface area contributed by atoms with Crippen LogP contribution in [0.4, 0.5) is 5.82 Å². The molecule has 2 heterocycles. The number of aromatic carboxylic acids is 1. The Kier molecular flexibility index (Phi) is 4.04. The summed E-state index contributed by atoms with van der Waals surface area (Å²) in [5, 5.41) is 9.03. The Morgan fingerprint density at radius 2 is 2.32 bits per heavy atom. The molecule has 1 aliphatic rings. The molecule has 1 aliphatic heterocycles. The van der Waals surface area contributed by atoms with Crippen LogP contribution < -0.4 is 4.90 Å². The molecular formula is C14H20N2O3. The molecule has 2 atom stereocenters. The predicted octanol–water partition coefficient (Wildman–Crippen LogP) is 2.09. The molecule has 1 N–H and O–H groups in total. The van der Waals surface area contributed by atoms with Gasteiger partial charge in [0.1, 0.15) is 5.82 Å². The zero-order valence-electron chi connectivity index (χ0n) is 11.6. The number of nitrogens with zero attached hydrogens (tertiary/aromatic N) is 2. The summed E-state index contributed by atoms with van der Waals surface area (Å²) in [6.45, 7) is 7.38. The summed E-state index contributed by atoms with van der Waals surface area (Å²) < 4.78 is 5.66. The van der Waals surface area contributed by atoms with Crippen LogP contribution in [0.1, 0.15) is 36.3 Å². The SMILES string of the molecule is CCC1COC(C)CN1c1ccc(C(=O)O)c(C)n1. The van der Waals surface area contributed by atoms with Crippen LogP contribution in [0.2, 0.25) is 0 Å². The second kappa shape index (κ2) is 5.57. The van der Waals surface area contributed by atoms with Gasteiger partial charge in [0.25, 0.3) is 0 Å². The molecule has 19 heavy (non-hydrogen) atoms. The Bertz CT molecular complexity index is 476. The molecule has 0 amide bonds. The number of hydrogen-bond donors (Lipinski definition) is 1. The smallest absolute Gasteiger partial charge is 0.337 e. The molecule has 0 bridgehead atoms. The number of hydrogen-bond acceptors (Lipinski definition) is 4. The Hall–Kier alpha value is -1.62. The van der Waals surface area contributed by atoms with Crippen molar-refractivity contribution in [2.24, 2.45) is 0 Å². The Morgan fingerprint density at radius 1 is 1.58 bits per heavy atom. The lowest BCUT2D eigenvalue weighted by molar-refractivity contribution is 0.0296. The third-order valence-electron chi connectivity index (χ3n) is 3.53. The van der Waals surface area contributed by atoms with Gasteiger partial charge in [0.15, 0.2) is 0 Å². The molecule has 2 unspecified atom stereocenters. The van der Waals surface area contributed by atoms with E-state index in [2.05, 4.69) is 16.8 Å². The average Bonchev–Trinajstić information content (AvgIpc) is 2.38. The van der Waals surface area contributed by atoms with Crippen LogP contribution in [0, 0.1) is 6.92 Å². The van der Waals surface area contributed by atoms with Gasteiger partial charge in [-0.15, -0.1) is 0 Å². The van der Waals surface area contributed by atoms with E-state index in [4.69, 9.17) is 9.84 Å². The minimum Gasteiger partial charge on any atom is -0.478 e. The van der Waals surface area contributed by atoms with Gasteiger partial charge in [-0.05, 0) is 32.4 Å². The zero-order valence-corrected chi connectivity index (χ0v) is 11.6.